The minimum atomic E-state index is -0.800. The lowest BCUT2D eigenvalue weighted by Gasteiger charge is -2.40. The highest BCUT2D eigenvalue weighted by atomic mass is 35.5. The van der Waals surface area contributed by atoms with E-state index in [2.05, 4.69) is 36.7 Å². The zero-order valence-electron chi connectivity index (χ0n) is 16.6. The van der Waals surface area contributed by atoms with Crippen LogP contribution in [0, 0.1) is 11.3 Å². The van der Waals surface area contributed by atoms with Crippen molar-refractivity contribution in [2.75, 3.05) is 19.6 Å². The van der Waals surface area contributed by atoms with Gasteiger partial charge in [-0.3, -0.25) is 14.5 Å². The van der Waals surface area contributed by atoms with Crippen molar-refractivity contribution in [1.29, 1.82) is 0 Å². The Morgan fingerprint density at radius 2 is 1.89 bits per heavy atom. The van der Waals surface area contributed by atoms with Crippen molar-refractivity contribution in [3.8, 4) is 0 Å². The lowest BCUT2D eigenvalue weighted by Crippen LogP contribution is -2.52. The van der Waals surface area contributed by atoms with E-state index in [0.29, 0.717) is 18.8 Å². The van der Waals surface area contributed by atoms with E-state index in [-0.39, 0.29) is 42.2 Å². The van der Waals surface area contributed by atoms with Gasteiger partial charge in [0.1, 0.15) is 12.1 Å². The molecule has 2 saturated heterocycles. The standard InChI is InChI=1S/C19H32N4O3.ClH/c1-18(2,3)13-6-8-19(9-7-13)16(25)23(17(26)22-19)12-15(24)21-14-5-4-10-20-11-14;/h13-14,20H,4-12H2,1-3H3,(H,21,24)(H,22,26);1H/t13?,14-,19?;/m0./s1. The Bertz CT molecular complexity index is 576. The van der Waals surface area contributed by atoms with Gasteiger partial charge in [-0.05, 0) is 56.4 Å². The summed E-state index contributed by atoms with van der Waals surface area (Å²) in [5.74, 6) is 0.0587. The van der Waals surface area contributed by atoms with Crippen LogP contribution in [0.4, 0.5) is 4.79 Å². The number of urea groups is 1. The van der Waals surface area contributed by atoms with E-state index >= 15 is 0 Å². The van der Waals surface area contributed by atoms with Crippen molar-refractivity contribution < 1.29 is 14.4 Å². The molecule has 4 amide bonds. The van der Waals surface area contributed by atoms with Gasteiger partial charge >= 0.3 is 6.03 Å². The summed E-state index contributed by atoms with van der Waals surface area (Å²) in [5.41, 5.74) is -0.591. The summed E-state index contributed by atoms with van der Waals surface area (Å²) in [6.07, 6.45) is 5.10. The van der Waals surface area contributed by atoms with Gasteiger partial charge in [-0.15, -0.1) is 12.4 Å². The van der Waals surface area contributed by atoms with E-state index in [4.69, 9.17) is 0 Å². The normalized spacial score (nSPS) is 31.4. The van der Waals surface area contributed by atoms with E-state index in [0.717, 1.165) is 43.7 Å². The predicted molar refractivity (Wildman–Crippen MR) is 106 cm³/mol. The zero-order chi connectivity index (χ0) is 18.9. The number of piperidine rings is 1. The summed E-state index contributed by atoms with van der Waals surface area (Å²) >= 11 is 0. The van der Waals surface area contributed by atoms with Crippen LogP contribution in [-0.2, 0) is 9.59 Å². The smallest absolute Gasteiger partial charge is 0.325 e. The molecule has 8 heteroatoms. The van der Waals surface area contributed by atoms with E-state index in [9.17, 15) is 14.4 Å². The molecular formula is C19H33ClN4O3. The largest absolute Gasteiger partial charge is 0.351 e. The molecule has 7 nitrogen and oxygen atoms in total. The Morgan fingerprint density at radius 3 is 2.44 bits per heavy atom. The molecule has 1 aliphatic carbocycles. The summed E-state index contributed by atoms with van der Waals surface area (Å²) in [4.78, 5) is 38.7. The molecule has 0 aromatic rings. The van der Waals surface area contributed by atoms with Gasteiger partial charge < -0.3 is 16.0 Å². The van der Waals surface area contributed by atoms with Crippen LogP contribution in [0.15, 0.2) is 0 Å². The van der Waals surface area contributed by atoms with Crippen LogP contribution in [0.25, 0.3) is 0 Å². The Balaban J connectivity index is 0.00000261. The molecule has 1 spiro atoms. The SMILES string of the molecule is CC(C)(C)C1CCC2(CC1)NC(=O)N(CC(=O)N[C@H]1CCCNC1)C2=O.Cl. The molecule has 0 aromatic heterocycles. The van der Waals surface area contributed by atoms with Crippen molar-refractivity contribution >= 4 is 30.3 Å². The van der Waals surface area contributed by atoms with E-state index in [1.165, 1.54) is 0 Å². The maximum Gasteiger partial charge on any atom is 0.325 e. The van der Waals surface area contributed by atoms with Gasteiger partial charge in [0, 0.05) is 12.6 Å². The number of carbonyl (C=O) groups is 3. The van der Waals surface area contributed by atoms with Crippen LogP contribution in [0.1, 0.15) is 59.3 Å². The molecule has 2 heterocycles. The first-order chi connectivity index (χ1) is 12.2. The number of halogens is 1. The van der Waals surface area contributed by atoms with Crippen LogP contribution < -0.4 is 16.0 Å². The number of carbonyl (C=O) groups excluding carboxylic acids is 3. The average Bonchev–Trinajstić information content (AvgIpc) is 2.79. The van der Waals surface area contributed by atoms with Crippen LogP contribution in [0.2, 0.25) is 0 Å². The molecule has 0 unspecified atom stereocenters. The number of imide groups is 1. The van der Waals surface area contributed by atoms with Crippen molar-refractivity contribution in [2.45, 2.75) is 70.9 Å². The van der Waals surface area contributed by atoms with Gasteiger partial charge in [0.15, 0.2) is 0 Å². The summed E-state index contributed by atoms with van der Waals surface area (Å²) in [7, 11) is 0. The van der Waals surface area contributed by atoms with Gasteiger partial charge in [-0.1, -0.05) is 20.8 Å². The van der Waals surface area contributed by atoms with E-state index < -0.39 is 11.6 Å². The minimum Gasteiger partial charge on any atom is -0.351 e. The topological polar surface area (TPSA) is 90.5 Å². The van der Waals surface area contributed by atoms with Crippen LogP contribution in [0.5, 0.6) is 0 Å². The first kappa shape index (κ1) is 22.0. The fourth-order valence-electron chi connectivity index (χ4n) is 4.53. The summed E-state index contributed by atoms with van der Waals surface area (Å²) in [6.45, 7) is 8.19. The quantitative estimate of drug-likeness (QED) is 0.630. The third kappa shape index (κ3) is 4.74. The molecule has 0 radical (unpaired) electrons. The molecule has 0 bridgehead atoms. The molecule has 27 heavy (non-hydrogen) atoms. The van der Waals surface area contributed by atoms with Gasteiger partial charge in [-0.2, -0.15) is 0 Å². The molecule has 154 valence electrons. The highest BCUT2D eigenvalue weighted by Gasteiger charge is 2.53. The first-order valence-corrected chi connectivity index (χ1v) is 9.85. The Morgan fingerprint density at radius 1 is 1.22 bits per heavy atom. The third-order valence-corrected chi connectivity index (χ3v) is 6.27. The van der Waals surface area contributed by atoms with Crippen molar-refractivity contribution in [3.05, 3.63) is 0 Å². The fourth-order valence-corrected chi connectivity index (χ4v) is 4.53. The molecule has 3 rings (SSSR count). The second kappa shape index (κ2) is 8.35. The highest BCUT2D eigenvalue weighted by molar-refractivity contribution is 6.09. The van der Waals surface area contributed by atoms with Gasteiger partial charge in [0.2, 0.25) is 5.91 Å². The first-order valence-electron chi connectivity index (χ1n) is 9.85. The van der Waals surface area contributed by atoms with Crippen molar-refractivity contribution in [1.82, 2.24) is 20.9 Å². The van der Waals surface area contributed by atoms with E-state index in [1.807, 2.05) is 0 Å². The molecule has 3 aliphatic rings. The molecule has 3 N–H and O–H groups in total. The van der Waals surface area contributed by atoms with Gasteiger partial charge in [0.05, 0.1) is 0 Å². The lowest BCUT2D eigenvalue weighted by molar-refractivity contribution is -0.136. The summed E-state index contributed by atoms with van der Waals surface area (Å²) in [6, 6.07) is -0.352. The average molecular weight is 401 g/mol. The van der Waals surface area contributed by atoms with Crippen LogP contribution >= 0.6 is 12.4 Å². The van der Waals surface area contributed by atoms with Gasteiger partial charge in [0.25, 0.3) is 5.91 Å². The van der Waals surface area contributed by atoms with E-state index in [1.54, 1.807) is 0 Å². The lowest BCUT2D eigenvalue weighted by atomic mass is 9.67. The van der Waals surface area contributed by atoms with Gasteiger partial charge in [-0.25, -0.2) is 4.79 Å². The monoisotopic (exact) mass is 400 g/mol. The van der Waals surface area contributed by atoms with Crippen LogP contribution in [-0.4, -0.2) is 54.0 Å². The fraction of sp³-hybridized carbons (Fsp3) is 0.842. The maximum absolute atomic E-state index is 12.9. The molecular weight excluding hydrogens is 368 g/mol. The second-order valence-electron chi connectivity index (χ2n) is 9.15. The number of hydrogen-bond acceptors (Lipinski definition) is 4. The van der Waals surface area contributed by atoms with Crippen molar-refractivity contribution in [3.63, 3.8) is 0 Å². The number of nitrogens with one attached hydrogen (secondary N) is 3. The summed E-state index contributed by atoms with van der Waals surface area (Å²) < 4.78 is 0. The third-order valence-electron chi connectivity index (χ3n) is 6.27. The number of rotatable bonds is 3. The maximum atomic E-state index is 12.9. The van der Waals surface area contributed by atoms with Crippen LogP contribution in [0.3, 0.4) is 0 Å². The molecule has 3 fully saturated rings. The van der Waals surface area contributed by atoms with Crippen molar-refractivity contribution in [2.24, 2.45) is 11.3 Å². The Hall–Kier alpha value is -1.34. The molecule has 0 aromatic carbocycles. The predicted octanol–water partition coefficient (Wildman–Crippen LogP) is 1.80. The molecule has 2 aliphatic heterocycles. The number of amides is 4. The second-order valence-corrected chi connectivity index (χ2v) is 9.15. The number of nitrogens with zero attached hydrogens (tertiary/aromatic N) is 1. The Kier molecular flexibility index (Phi) is 6.79. The molecule has 1 saturated carbocycles. The highest BCUT2D eigenvalue weighted by Crippen LogP contribution is 2.43. The Labute approximate surface area is 167 Å². The minimum absolute atomic E-state index is 0. The molecule has 1 atom stereocenters. The summed E-state index contributed by atoms with van der Waals surface area (Å²) in [5, 5.41) is 9.06. The number of hydrogen-bond donors (Lipinski definition) is 3. The zero-order valence-corrected chi connectivity index (χ0v) is 17.4.